The molecule has 3 aromatic heterocycles. The summed E-state index contributed by atoms with van der Waals surface area (Å²) in [5, 5.41) is 3.65. The van der Waals surface area contributed by atoms with Crippen molar-refractivity contribution in [1.82, 2.24) is 9.97 Å². The number of pyridine rings is 2. The Kier molecular flexibility index (Phi) is 12.6. The molecule has 295 valence electrons. The molecule has 58 heavy (non-hydrogen) atoms. The van der Waals surface area contributed by atoms with E-state index in [1.54, 1.807) is 16.9 Å². The summed E-state index contributed by atoms with van der Waals surface area (Å²) in [6, 6.07) is 50.5. The van der Waals surface area contributed by atoms with Crippen LogP contribution in [0.2, 0.25) is 19.6 Å². The number of hydrogen-bond donors (Lipinski definition) is 0. The van der Waals surface area contributed by atoms with Crippen LogP contribution in [-0.4, -0.2) is 18.0 Å². The van der Waals surface area contributed by atoms with Gasteiger partial charge < -0.3 is 14.4 Å². The molecule has 0 N–H and O–H groups in total. The fraction of sp³-hybridized carbons (Fsp3) is 0.245. The van der Waals surface area contributed by atoms with Gasteiger partial charge in [0, 0.05) is 39.3 Å². The van der Waals surface area contributed by atoms with Crippen LogP contribution < -0.4 is 5.19 Å². The van der Waals surface area contributed by atoms with E-state index in [1.165, 1.54) is 49.7 Å². The fourth-order valence-corrected chi connectivity index (χ4v) is 9.76. The molecule has 1 aliphatic carbocycles. The maximum atomic E-state index is 8.36. The molecule has 0 bridgehead atoms. The van der Waals surface area contributed by atoms with E-state index >= 15 is 0 Å². The summed E-state index contributed by atoms with van der Waals surface area (Å²) in [5.41, 5.74) is 12.8. The van der Waals surface area contributed by atoms with Crippen molar-refractivity contribution >= 4 is 35.2 Å². The largest absolute Gasteiger partial charge is 0.500 e. The van der Waals surface area contributed by atoms with Crippen LogP contribution >= 0.6 is 0 Å². The molecule has 1 saturated carbocycles. The van der Waals surface area contributed by atoms with Gasteiger partial charge in [-0.2, -0.15) is 0 Å². The molecule has 3 heterocycles. The first-order chi connectivity index (χ1) is 28.0. The smallest absolute Gasteiger partial charge is 0.121 e. The average molecular weight is 954 g/mol. The molecule has 5 aromatic carbocycles. The van der Waals surface area contributed by atoms with Crippen LogP contribution in [0.1, 0.15) is 64.3 Å². The Morgan fingerprint density at radius 3 is 2.07 bits per heavy atom. The molecule has 0 saturated heterocycles. The van der Waals surface area contributed by atoms with E-state index in [4.69, 9.17) is 10.8 Å². The summed E-state index contributed by atoms with van der Waals surface area (Å²) in [4.78, 5) is 9.32. The van der Waals surface area contributed by atoms with Crippen molar-refractivity contribution in [3.8, 4) is 44.8 Å². The topological polar surface area (TPSA) is 38.9 Å². The van der Waals surface area contributed by atoms with Gasteiger partial charge in [0.1, 0.15) is 5.58 Å². The first kappa shape index (κ1) is 39.9. The maximum Gasteiger partial charge on any atom is 0.121 e. The Hall–Kier alpha value is -4.93. The average Bonchev–Trinajstić information content (AvgIpc) is 3.62. The van der Waals surface area contributed by atoms with Crippen LogP contribution in [0.3, 0.4) is 0 Å². The number of hydrogen-bond acceptors (Lipinski definition) is 3. The summed E-state index contributed by atoms with van der Waals surface area (Å²) < 4.78 is 14.5. The van der Waals surface area contributed by atoms with Gasteiger partial charge in [-0.3, -0.25) is 0 Å². The van der Waals surface area contributed by atoms with Crippen molar-refractivity contribution in [3.63, 3.8) is 0 Å². The summed E-state index contributed by atoms with van der Waals surface area (Å²) in [6.45, 7) is 11.1. The molecular weight excluding hydrogens is 901 g/mol. The van der Waals surface area contributed by atoms with Crippen molar-refractivity contribution in [1.29, 1.82) is 0 Å². The maximum absolute atomic E-state index is 8.36. The zero-order valence-electron chi connectivity index (χ0n) is 35.2. The van der Waals surface area contributed by atoms with Crippen molar-refractivity contribution in [2.45, 2.75) is 77.9 Å². The molecule has 1 radical (unpaired) electrons. The zero-order chi connectivity index (χ0) is 40.3. The van der Waals surface area contributed by atoms with Gasteiger partial charge in [-0.1, -0.05) is 155 Å². The van der Waals surface area contributed by atoms with Gasteiger partial charge in [0.2, 0.25) is 0 Å². The van der Waals surface area contributed by atoms with Gasteiger partial charge in [0.15, 0.2) is 0 Å². The number of rotatable bonds is 8. The van der Waals surface area contributed by atoms with E-state index in [0.717, 1.165) is 67.1 Å². The van der Waals surface area contributed by atoms with Crippen molar-refractivity contribution in [2.24, 2.45) is 5.92 Å². The molecule has 0 atom stereocenters. The molecule has 0 aliphatic heterocycles. The predicted molar refractivity (Wildman–Crippen MR) is 243 cm³/mol. The Bertz CT molecular complexity index is 2640. The van der Waals surface area contributed by atoms with Gasteiger partial charge in [0.25, 0.3) is 0 Å². The Balaban J connectivity index is 0.000000192. The number of fused-ring (bicyclic) bond motifs is 3. The minimum Gasteiger partial charge on any atom is -0.500 e. The van der Waals surface area contributed by atoms with Crippen molar-refractivity contribution < 1.29 is 25.9 Å². The van der Waals surface area contributed by atoms with Gasteiger partial charge in [-0.25, -0.2) is 0 Å². The van der Waals surface area contributed by atoms with Gasteiger partial charge in [-0.15, -0.1) is 59.7 Å². The third kappa shape index (κ3) is 9.50. The molecule has 8 aromatic rings. The molecule has 9 rings (SSSR count). The Labute approximate surface area is 360 Å². The Morgan fingerprint density at radius 1 is 0.690 bits per heavy atom. The second-order valence-electron chi connectivity index (χ2n) is 16.8. The van der Waals surface area contributed by atoms with E-state index < -0.39 is 14.0 Å². The molecule has 0 spiro atoms. The molecule has 3 nitrogen and oxygen atoms in total. The zero-order valence-corrected chi connectivity index (χ0v) is 37.6. The third-order valence-corrected chi connectivity index (χ3v) is 13.4. The minimum absolute atomic E-state index is 0. The number of furan rings is 1. The van der Waals surface area contributed by atoms with E-state index in [0.29, 0.717) is 0 Å². The SMILES string of the molecule is C[Si](C)(C)c1cnc(-c2[c-]cccc2)cc1CC1CCCCC1.[2H]C(C)(C)c1ccnc(-c2[c-]cc3oc4ccc(-c5ccc(-c6ccccc6)cc5)cc4c3c2)c1.[Ir]. The molecule has 1 aliphatic rings. The quantitative estimate of drug-likeness (QED) is 0.113. The predicted octanol–water partition coefficient (Wildman–Crippen LogP) is 14.1. The summed E-state index contributed by atoms with van der Waals surface area (Å²) >= 11 is 0. The monoisotopic (exact) mass is 954 g/mol. The van der Waals surface area contributed by atoms with Crippen LogP contribution in [0.5, 0.6) is 0 Å². The second-order valence-corrected chi connectivity index (χ2v) is 21.8. The molecular formula is C53H52IrN2OSi-2. The van der Waals surface area contributed by atoms with Crippen LogP contribution in [0, 0.1) is 18.1 Å². The summed E-state index contributed by atoms with van der Waals surface area (Å²) in [5.74, 6) is 0.184. The van der Waals surface area contributed by atoms with Crippen LogP contribution in [0.15, 0.2) is 144 Å². The van der Waals surface area contributed by atoms with E-state index in [9.17, 15) is 0 Å². The van der Waals surface area contributed by atoms with Crippen LogP contribution in [-0.2, 0) is 26.5 Å². The van der Waals surface area contributed by atoms with Gasteiger partial charge >= 0.3 is 0 Å². The van der Waals surface area contributed by atoms with E-state index in [1.807, 2.05) is 56.3 Å². The van der Waals surface area contributed by atoms with Crippen molar-refractivity contribution in [3.05, 3.63) is 163 Å². The molecule has 0 unspecified atom stereocenters. The third-order valence-electron chi connectivity index (χ3n) is 11.4. The first-order valence-electron chi connectivity index (χ1n) is 21.0. The van der Waals surface area contributed by atoms with Crippen LogP contribution in [0.4, 0.5) is 0 Å². The normalized spacial score (nSPS) is 13.7. The minimum atomic E-state index is -1.36. The summed E-state index contributed by atoms with van der Waals surface area (Å²) in [7, 11) is -1.36. The van der Waals surface area contributed by atoms with Crippen LogP contribution in [0.25, 0.3) is 66.7 Å². The molecule has 5 heteroatoms. The standard InChI is InChI=1S/C32H24NO.C21H28NSi.Ir/c1-21(2)25-16-17-33-30(20-25)27-13-15-32-29(19-27)28-18-26(12-14-31(28)34-32)24-10-8-23(9-11-24)22-6-4-3-5-7-22;1-23(2,3)21-16-22-20(18-12-8-5-9-13-18)15-19(21)14-17-10-6-4-7-11-17;/h3-12,14-21H,1-2H3;5,8-9,12,15-17H,4,6-7,10-11,14H2,1-3H3;/q2*-1;/i21D;;. The van der Waals surface area contributed by atoms with Crippen molar-refractivity contribution in [2.75, 3.05) is 0 Å². The van der Waals surface area contributed by atoms with Gasteiger partial charge in [0.05, 0.1) is 13.7 Å². The summed E-state index contributed by atoms with van der Waals surface area (Å²) in [6.07, 6.45) is 12.2. The number of aromatic nitrogens is 2. The fourth-order valence-electron chi connectivity index (χ4n) is 8.17. The first-order valence-corrected chi connectivity index (χ1v) is 24.0. The second kappa shape index (κ2) is 18.3. The molecule has 1 fully saturated rings. The van der Waals surface area contributed by atoms with Gasteiger partial charge in [-0.05, 0) is 75.3 Å². The molecule has 0 amide bonds. The Morgan fingerprint density at radius 2 is 1.36 bits per heavy atom. The number of benzene rings is 5. The number of nitrogens with zero attached hydrogens (tertiary/aromatic N) is 2. The van der Waals surface area contributed by atoms with E-state index in [-0.39, 0.29) is 20.1 Å². The van der Waals surface area contributed by atoms with E-state index in [2.05, 4.69) is 128 Å².